The van der Waals surface area contributed by atoms with E-state index >= 15 is 0 Å². The smallest absolute Gasteiger partial charge is 0.278 e. The van der Waals surface area contributed by atoms with Crippen LogP contribution < -0.4 is 20.5 Å². The van der Waals surface area contributed by atoms with Gasteiger partial charge in [-0.15, -0.1) is 0 Å². The van der Waals surface area contributed by atoms with Gasteiger partial charge in [-0.25, -0.2) is 27.7 Å². The monoisotopic (exact) mass is 683 g/mol. The second kappa shape index (κ2) is 12.5. The molecule has 1 amide bonds. The number of fused-ring (bicyclic) bond motifs is 6. The molecule has 0 saturated carbocycles. The first kappa shape index (κ1) is 31.3. The Morgan fingerprint density at radius 3 is 2.71 bits per heavy atom. The molecule has 3 aliphatic rings. The molecule has 0 atom stereocenters. The van der Waals surface area contributed by atoms with Crippen LogP contribution in [0.5, 0.6) is 5.75 Å². The Labute approximate surface area is 282 Å². The molecule has 5 aromatic rings. The number of nitrogens with one attached hydrogen (secondary N) is 1. The van der Waals surface area contributed by atoms with Gasteiger partial charge in [-0.05, 0) is 62.1 Å². The van der Waals surface area contributed by atoms with Crippen LogP contribution in [0.4, 0.5) is 17.5 Å². The number of hydrogen-bond acceptors (Lipinski definition) is 10. The highest BCUT2D eigenvalue weighted by molar-refractivity contribution is 7.90. The zero-order valence-corrected chi connectivity index (χ0v) is 28.0. The first-order valence-electron chi connectivity index (χ1n) is 16.6. The maximum atomic E-state index is 13.6. The van der Waals surface area contributed by atoms with E-state index in [1.54, 1.807) is 26.4 Å². The summed E-state index contributed by atoms with van der Waals surface area (Å²) in [5.41, 5.74) is 2.08. The lowest BCUT2D eigenvalue weighted by Crippen LogP contribution is -2.40. The molecule has 49 heavy (non-hydrogen) atoms. The molecule has 0 aliphatic carbocycles. The molecule has 0 spiro atoms. The van der Waals surface area contributed by atoms with Gasteiger partial charge in [0.15, 0.2) is 29.6 Å². The number of amides is 1. The van der Waals surface area contributed by atoms with Gasteiger partial charge in [0.25, 0.3) is 11.5 Å². The summed E-state index contributed by atoms with van der Waals surface area (Å²) in [6.07, 6.45) is 12.3. The Kier molecular flexibility index (Phi) is 7.95. The van der Waals surface area contributed by atoms with Crippen LogP contribution >= 0.6 is 0 Å². The van der Waals surface area contributed by atoms with Crippen LogP contribution in [-0.4, -0.2) is 92.9 Å². The Morgan fingerprint density at radius 1 is 1.02 bits per heavy atom. The van der Waals surface area contributed by atoms with Crippen LogP contribution in [0.1, 0.15) is 31.7 Å². The van der Waals surface area contributed by atoms with Gasteiger partial charge in [-0.3, -0.25) is 14.5 Å². The molecule has 1 saturated heterocycles. The van der Waals surface area contributed by atoms with E-state index in [0.717, 1.165) is 55.4 Å². The first-order chi connectivity index (χ1) is 23.7. The summed E-state index contributed by atoms with van der Waals surface area (Å²) in [6, 6.07) is 12.1. The van der Waals surface area contributed by atoms with E-state index in [1.165, 1.54) is 12.5 Å². The van der Waals surface area contributed by atoms with Crippen LogP contribution in [0, 0.1) is 0 Å². The Balaban J connectivity index is 1.08. The molecule has 4 aromatic heterocycles. The van der Waals surface area contributed by atoms with Crippen molar-refractivity contribution in [1.82, 2.24) is 33.8 Å². The maximum Gasteiger partial charge on any atom is 0.278 e. The van der Waals surface area contributed by atoms with Crippen LogP contribution in [0.2, 0.25) is 0 Å². The largest absolute Gasteiger partial charge is 0.480 e. The van der Waals surface area contributed by atoms with Gasteiger partial charge < -0.3 is 19.5 Å². The van der Waals surface area contributed by atoms with Crippen LogP contribution in [0.3, 0.4) is 0 Å². The van der Waals surface area contributed by atoms with E-state index in [9.17, 15) is 18.0 Å². The first-order valence-corrected chi connectivity index (χ1v) is 18.6. The van der Waals surface area contributed by atoms with Crippen molar-refractivity contribution in [2.45, 2.75) is 38.3 Å². The standard InChI is InChI=1S/C34H37N9O5S/c1-49(46,47)19-18-39-15-11-25(12-16-39)40-17-10-23-20-24(6-7-27(23)40)36-34-35-21-26-31(38-34)43-29-9-8-28-32(37-29)41(30(44)22-48-28)13-4-2-3-5-14-42(43)33(26)45/h3,5-10,17,20-21,25H,2,4,11-16,18-19,22H2,1H3,(H,35,36,38)/b5-3-. The number of carbonyl (C=O) groups is 1. The summed E-state index contributed by atoms with van der Waals surface area (Å²) >= 11 is 0. The minimum absolute atomic E-state index is 0.0336. The number of hydrogen-bond donors (Lipinski definition) is 1. The summed E-state index contributed by atoms with van der Waals surface area (Å²) < 4.78 is 34.4. The van der Waals surface area contributed by atoms with Gasteiger partial charge in [-0.2, -0.15) is 4.98 Å². The predicted molar refractivity (Wildman–Crippen MR) is 187 cm³/mol. The molecule has 15 heteroatoms. The van der Waals surface area contributed by atoms with Crippen molar-refractivity contribution in [2.75, 3.05) is 55.0 Å². The molecule has 7 heterocycles. The number of benzene rings is 1. The molecule has 3 aliphatic heterocycles. The van der Waals surface area contributed by atoms with Crippen LogP contribution in [-0.2, 0) is 21.2 Å². The number of pyridine rings is 1. The molecular weight excluding hydrogens is 646 g/mol. The zero-order chi connectivity index (χ0) is 33.7. The number of piperidine rings is 1. The number of carbonyl (C=O) groups excluding carboxylic acids is 1. The average molecular weight is 684 g/mol. The lowest BCUT2D eigenvalue weighted by molar-refractivity contribution is -0.121. The SMILES string of the molecule is CS(=O)(=O)CCN1CCC(n2ccc3cc(Nc4ncc5c(=O)n6n(c5n4)-c4ccc5c(n4)N(CCC/C=C\C6)C(=O)CO5)ccc32)CC1. The number of rotatable bonds is 6. The molecule has 0 unspecified atom stereocenters. The van der Waals surface area contributed by atoms with Gasteiger partial charge >= 0.3 is 0 Å². The van der Waals surface area contributed by atoms with Gasteiger partial charge in [-0.1, -0.05) is 12.2 Å². The number of sulfone groups is 1. The number of ether oxygens (including phenoxy) is 1. The summed E-state index contributed by atoms with van der Waals surface area (Å²) in [5.74, 6) is 1.77. The minimum Gasteiger partial charge on any atom is -0.480 e. The van der Waals surface area contributed by atoms with Gasteiger partial charge in [0.05, 0.1) is 12.3 Å². The fraction of sp³-hybridized carbons (Fsp3) is 0.382. The van der Waals surface area contributed by atoms with E-state index in [0.29, 0.717) is 60.0 Å². The maximum absolute atomic E-state index is 13.6. The summed E-state index contributed by atoms with van der Waals surface area (Å²) in [7, 11) is -2.97. The average Bonchev–Trinajstić information content (AvgIpc) is 3.63. The highest BCUT2D eigenvalue weighted by Gasteiger charge is 2.29. The summed E-state index contributed by atoms with van der Waals surface area (Å²) in [6.45, 7) is 3.13. The van der Waals surface area contributed by atoms with E-state index in [2.05, 4.69) is 44.2 Å². The molecule has 14 nitrogen and oxygen atoms in total. The fourth-order valence-electron chi connectivity index (χ4n) is 6.97. The minimum atomic E-state index is -2.97. The van der Waals surface area contributed by atoms with E-state index in [-0.39, 0.29) is 23.8 Å². The van der Waals surface area contributed by atoms with Gasteiger partial charge in [0.1, 0.15) is 15.2 Å². The van der Waals surface area contributed by atoms with Crippen molar-refractivity contribution in [1.29, 1.82) is 0 Å². The predicted octanol–water partition coefficient (Wildman–Crippen LogP) is 3.43. The highest BCUT2D eigenvalue weighted by atomic mass is 32.2. The molecular formula is C34H37N9O5S. The third kappa shape index (κ3) is 6.08. The van der Waals surface area contributed by atoms with Crippen LogP contribution in [0.15, 0.2) is 65.7 Å². The van der Waals surface area contributed by atoms with Crippen molar-refractivity contribution >= 4 is 55.1 Å². The lowest BCUT2D eigenvalue weighted by Gasteiger charge is -2.33. The second-order valence-electron chi connectivity index (χ2n) is 12.9. The van der Waals surface area contributed by atoms with E-state index < -0.39 is 9.84 Å². The number of anilines is 3. The molecule has 1 N–H and O–H groups in total. The summed E-state index contributed by atoms with van der Waals surface area (Å²) in [4.78, 5) is 44.4. The lowest BCUT2D eigenvalue weighted by atomic mass is 10.0. The third-order valence-corrected chi connectivity index (χ3v) is 10.5. The van der Waals surface area contributed by atoms with Gasteiger partial charge in [0.2, 0.25) is 5.95 Å². The topological polar surface area (TPSA) is 149 Å². The molecule has 8 rings (SSSR count). The van der Waals surface area contributed by atoms with Crippen molar-refractivity contribution in [3.63, 3.8) is 0 Å². The number of allylic oxidation sites excluding steroid dienone is 2. The van der Waals surface area contributed by atoms with Crippen LogP contribution in [0.25, 0.3) is 27.8 Å². The normalized spacial score (nSPS) is 18.1. The zero-order valence-electron chi connectivity index (χ0n) is 27.2. The second-order valence-corrected chi connectivity index (χ2v) is 15.2. The van der Waals surface area contributed by atoms with Crippen molar-refractivity contribution in [3.05, 3.63) is 71.3 Å². The third-order valence-electron chi connectivity index (χ3n) is 9.53. The van der Waals surface area contributed by atoms with Gasteiger partial charge in [0, 0.05) is 67.5 Å². The summed E-state index contributed by atoms with van der Waals surface area (Å²) in [5, 5.41) is 4.75. The number of aromatic nitrogens is 6. The highest BCUT2D eigenvalue weighted by Crippen LogP contribution is 2.33. The Morgan fingerprint density at radius 2 is 1.88 bits per heavy atom. The quantitative estimate of drug-likeness (QED) is 0.264. The van der Waals surface area contributed by atoms with Crippen molar-refractivity contribution in [2.24, 2.45) is 0 Å². The van der Waals surface area contributed by atoms with Crippen molar-refractivity contribution < 1.29 is 17.9 Å². The molecule has 254 valence electrons. The molecule has 0 radical (unpaired) electrons. The fourth-order valence-corrected chi connectivity index (χ4v) is 7.56. The molecule has 2 bridgehead atoms. The van der Waals surface area contributed by atoms with E-state index in [1.807, 2.05) is 18.2 Å². The number of likely N-dealkylation sites (tertiary alicyclic amines) is 1. The van der Waals surface area contributed by atoms with E-state index in [4.69, 9.17) is 14.7 Å². The molecule has 1 aromatic carbocycles. The van der Waals surface area contributed by atoms with Crippen molar-refractivity contribution in [3.8, 4) is 11.6 Å². The Hall–Kier alpha value is -5.02. The molecule has 1 fully saturated rings. The number of nitrogens with zero attached hydrogens (tertiary/aromatic N) is 8. The Bertz CT molecular complexity index is 2280.